The van der Waals surface area contributed by atoms with Gasteiger partial charge in [-0.05, 0) is 12.3 Å². The van der Waals surface area contributed by atoms with Crippen LogP contribution in [0.25, 0.3) is 0 Å². The standard InChI is InChI=1S/C10H19O5P/c1-7-4-10(5-13-2)6-14-8(7)9(10)15-16(3,11)12/h7-9H,4-6H2,1-3H3,(H,11,12)/t7-,8?,9+,10+/m1/s1. The van der Waals surface area contributed by atoms with Crippen LogP contribution in [0, 0.1) is 11.3 Å². The Morgan fingerprint density at radius 1 is 1.62 bits per heavy atom. The predicted octanol–water partition coefficient (Wildman–Crippen LogP) is 0.188. The number of methoxy groups -OCH3 is 1. The topological polar surface area (TPSA) is 71.0 Å². The summed E-state index contributed by atoms with van der Waals surface area (Å²) < 4.78 is 16.2. The van der Waals surface area contributed by atoms with E-state index in [1.807, 2.05) is 0 Å². The van der Waals surface area contributed by atoms with Gasteiger partial charge in [0.15, 0.2) is 0 Å². The highest BCUT2D eigenvalue weighted by molar-refractivity contribution is 7.57. The van der Waals surface area contributed by atoms with E-state index in [2.05, 4.69) is 6.92 Å². The third-order valence-corrected chi connectivity index (χ3v) is 4.11. The van der Waals surface area contributed by atoms with E-state index in [0.717, 1.165) is 6.42 Å². The molecule has 0 amide bonds. The van der Waals surface area contributed by atoms with Gasteiger partial charge in [-0.15, -0.1) is 0 Å². The van der Waals surface area contributed by atoms with Crippen LogP contribution in [0.3, 0.4) is 0 Å². The van der Waals surface area contributed by atoms with Crippen molar-refractivity contribution >= 4 is 7.94 Å². The summed E-state index contributed by atoms with van der Waals surface area (Å²) in [5, 5.41) is 0. The third-order valence-electron chi connectivity index (χ3n) is 3.50. The van der Waals surface area contributed by atoms with Gasteiger partial charge in [0.05, 0.1) is 31.4 Å². The normalized spacial score (nSPS) is 45.9. The van der Waals surface area contributed by atoms with Crippen LogP contribution < -0.4 is 4.89 Å². The molecule has 94 valence electrons. The molecule has 2 unspecified atom stereocenters. The van der Waals surface area contributed by atoms with Crippen LogP contribution in [0.15, 0.2) is 0 Å². The summed E-state index contributed by atoms with van der Waals surface area (Å²) in [4.78, 5) is 20.7. The molecule has 0 aromatic rings. The van der Waals surface area contributed by atoms with Gasteiger partial charge in [-0.25, -0.2) is 9.42 Å². The van der Waals surface area contributed by atoms with Gasteiger partial charge < -0.3 is 14.4 Å². The van der Waals surface area contributed by atoms with Gasteiger partial charge in [-0.1, -0.05) is 6.92 Å². The molecule has 6 heteroatoms. The Bertz CT molecular complexity index is 266. The van der Waals surface area contributed by atoms with E-state index in [0.29, 0.717) is 19.1 Å². The van der Waals surface area contributed by atoms with Gasteiger partial charge in [-0.3, -0.25) is 0 Å². The second-order valence-electron chi connectivity index (χ2n) is 5.08. The van der Waals surface area contributed by atoms with E-state index >= 15 is 0 Å². The minimum absolute atomic E-state index is 0.0735. The van der Waals surface area contributed by atoms with Crippen LogP contribution in [0.4, 0.5) is 0 Å². The first-order valence-corrected chi connectivity index (χ1v) is 7.50. The Labute approximate surface area is 96.3 Å². The molecule has 2 aliphatic rings. The van der Waals surface area contributed by atoms with Crippen molar-refractivity contribution in [2.75, 3.05) is 27.0 Å². The van der Waals surface area contributed by atoms with Crippen LogP contribution in [0.1, 0.15) is 13.3 Å². The van der Waals surface area contributed by atoms with Crippen LogP contribution >= 0.6 is 7.94 Å². The zero-order chi connectivity index (χ0) is 12.0. The Morgan fingerprint density at radius 3 is 2.81 bits per heavy atom. The van der Waals surface area contributed by atoms with Crippen molar-refractivity contribution in [3.63, 3.8) is 0 Å². The number of hydrogen-bond donors (Lipinski definition) is 1. The average Bonchev–Trinajstić information content (AvgIpc) is 2.54. The van der Waals surface area contributed by atoms with Crippen LogP contribution in [-0.4, -0.2) is 44.1 Å². The summed E-state index contributed by atoms with van der Waals surface area (Å²) in [6.45, 7) is 4.37. The lowest BCUT2D eigenvalue weighted by Crippen LogP contribution is -2.38. The maximum absolute atomic E-state index is 11.4. The molecule has 1 heterocycles. The molecule has 0 radical (unpaired) electrons. The summed E-state index contributed by atoms with van der Waals surface area (Å²) in [7, 11) is -1.85. The lowest BCUT2D eigenvalue weighted by atomic mass is 9.86. The van der Waals surface area contributed by atoms with Gasteiger partial charge in [0.1, 0.15) is 6.10 Å². The van der Waals surface area contributed by atoms with Gasteiger partial charge in [0, 0.05) is 7.11 Å². The number of fused-ring (bicyclic) bond motifs is 2. The summed E-state index contributed by atoms with van der Waals surface area (Å²) >= 11 is 0. The monoisotopic (exact) mass is 250 g/mol. The molecule has 2 rings (SSSR count). The molecule has 2 fully saturated rings. The first-order chi connectivity index (χ1) is 7.38. The molecule has 1 N–H and O–H groups in total. The summed E-state index contributed by atoms with van der Waals surface area (Å²) in [5.41, 5.74) is -0.243. The first-order valence-electron chi connectivity index (χ1n) is 5.47. The SMILES string of the molecule is COC[C@]12COC([C@H](C)C1)[C@@H]2O[P+](C)([O-])O. The van der Waals surface area contributed by atoms with E-state index in [1.165, 1.54) is 6.66 Å². The Hall–Kier alpha value is 0.230. The van der Waals surface area contributed by atoms with E-state index in [1.54, 1.807) is 7.11 Å². The molecule has 1 saturated heterocycles. The van der Waals surface area contributed by atoms with E-state index in [-0.39, 0.29) is 17.6 Å². The van der Waals surface area contributed by atoms with Gasteiger partial charge in [0.25, 0.3) is 0 Å². The Balaban J connectivity index is 2.16. The van der Waals surface area contributed by atoms with E-state index < -0.39 is 7.94 Å². The first kappa shape index (κ1) is 12.7. The fourth-order valence-corrected chi connectivity index (χ4v) is 3.79. The van der Waals surface area contributed by atoms with Crippen molar-refractivity contribution < 1.29 is 23.8 Å². The molecule has 1 saturated carbocycles. The maximum Gasteiger partial charge on any atom is 0.231 e. The molecule has 16 heavy (non-hydrogen) atoms. The minimum Gasteiger partial charge on any atom is -0.632 e. The van der Waals surface area contributed by atoms with Crippen LogP contribution in [0.5, 0.6) is 0 Å². The molecule has 1 aliphatic carbocycles. The second-order valence-corrected chi connectivity index (χ2v) is 6.90. The van der Waals surface area contributed by atoms with Crippen molar-refractivity contribution in [2.24, 2.45) is 11.3 Å². The van der Waals surface area contributed by atoms with Gasteiger partial charge in [0.2, 0.25) is 7.94 Å². The van der Waals surface area contributed by atoms with Crippen molar-refractivity contribution in [2.45, 2.75) is 25.6 Å². The quantitative estimate of drug-likeness (QED) is 0.721. The van der Waals surface area contributed by atoms with Gasteiger partial charge >= 0.3 is 0 Å². The third kappa shape index (κ3) is 2.13. The molecule has 5 atom stereocenters. The molecule has 5 nitrogen and oxygen atoms in total. The highest BCUT2D eigenvalue weighted by Crippen LogP contribution is 2.57. The summed E-state index contributed by atoms with van der Waals surface area (Å²) in [6.07, 6.45) is 0.537. The molecule has 0 aromatic heterocycles. The molecular formula is C10H19O5P. The van der Waals surface area contributed by atoms with Crippen LogP contribution in [-0.2, 0) is 14.0 Å². The molecular weight excluding hydrogens is 231 g/mol. The number of rotatable bonds is 4. The predicted molar refractivity (Wildman–Crippen MR) is 57.8 cm³/mol. The largest absolute Gasteiger partial charge is 0.632 e. The Kier molecular flexibility index (Phi) is 3.30. The lowest BCUT2D eigenvalue weighted by Gasteiger charge is -2.30. The van der Waals surface area contributed by atoms with E-state index in [9.17, 15) is 9.79 Å². The van der Waals surface area contributed by atoms with Crippen molar-refractivity contribution in [3.05, 3.63) is 0 Å². The molecule has 2 bridgehead atoms. The second kappa shape index (κ2) is 4.16. The fourth-order valence-electron chi connectivity index (χ4n) is 3.03. The Morgan fingerprint density at radius 2 is 2.31 bits per heavy atom. The zero-order valence-electron chi connectivity index (χ0n) is 9.88. The number of ether oxygens (including phenoxy) is 2. The smallest absolute Gasteiger partial charge is 0.231 e. The molecule has 0 aromatic carbocycles. The highest BCUT2D eigenvalue weighted by atomic mass is 31.2. The zero-order valence-corrected chi connectivity index (χ0v) is 10.8. The molecule has 1 aliphatic heterocycles. The minimum atomic E-state index is -3.48. The summed E-state index contributed by atoms with van der Waals surface area (Å²) in [5.74, 6) is 0.348. The number of hydrogen-bond acceptors (Lipinski definition) is 5. The maximum atomic E-state index is 11.4. The summed E-state index contributed by atoms with van der Waals surface area (Å²) in [6, 6.07) is 0. The van der Waals surface area contributed by atoms with Crippen molar-refractivity contribution in [1.82, 2.24) is 0 Å². The van der Waals surface area contributed by atoms with E-state index in [4.69, 9.17) is 14.0 Å². The van der Waals surface area contributed by atoms with Gasteiger partial charge in [-0.2, -0.15) is 0 Å². The van der Waals surface area contributed by atoms with Crippen molar-refractivity contribution in [1.29, 1.82) is 0 Å². The molecule has 0 spiro atoms. The van der Waals surface area contributed by atoms with Crippen LogP contribution in [0.2, 0.25) is 0 Å². The van der Waals surface area contributed by atoms with Crippen molar-refractivity contribution in [3.8, 4) is 0 Å². The lowest BCUT2D eigenvalue weighted by molar-refractivity contribution is -0.219. The highest BCUT2D eigenvalue weighted by Gasteiger charge is 2.61. The fraction of sp³-hybridized carbons (Fsp3) is 1.00. The average molecular weight is 250 g/mol.